The Hall–Kier alpha value is -4.46. The summed E-state index contributed by atoms with van der Waals surface area (Å²) in [7, 11) is 1.22. The van der Waals surface area contributed by atoms with Crippen LogP contribution in [0.3, 0.4) is 0 Å². The molecule has 0 aromatic heterocycles. The van der Waals surface area contributed by atoms with Gasteiger partial charge in [-0.3, -0.25) is 14.4 Å². The molecule has 0 heterocycles. The van der Waals surface area contributed by atoms with Crippen LogP contribution in [-0.2, 0) is 9.53 Å². The molecule has 3 N–H and O–H groups in total. The van der Waals surface area contributed by atoms with E-state index in [1.165, 1.54) is 7.11 Å². The predicted octanol–water partition coefficient (Wildman–Crippen LogP) is 2.58. The van der Waals surface area contributed by atoms with Crippen LogP contribution < -0.4 is 16.0 Å². The van der Waals surface area contributed by atoms with E-state index in [2.05, 4.69) is 16.0 Å². The summed E-state index contributed by atoms with van der Waals surface area (Å²) in [6, 6.07) is 23.9. The second-order valence-electron chi connectivity index (χ2n) is 7.76. The number of hydrogen-bond acceptors (Lipinski definition) is 5. The lowest BCUT2D eigenvalue weighted by molar-refractivity contribution is -0.143. The standard InChI is InChI=1S/C27H27N3O5/c1-35-27(34)23(30-26(33)21-15-9-4-10-16-21)17-22(29-25(32)20-13-7-3-8-14-20)18-28-24(31)19-11-5-2-6-12-19/h2-16,22-23H,17-18H2,1H3,(H,28,31)(H,29,32)(H,30,33)/t22-,23+/m1/s1. The Labute approximate surface area is 203 Å². The fourth-order valence-corrected chi connectivity index (χ4v) is 3.43. The van der Waals surface area contributed by atoms with Gasteiger partial charge in [0.2, 0.25) is 0 Å². The van der Waals surface area contributed by atoms with Gasteiger partial charge in [-0.25, -0.2) is 4.79 Å². The molecule has 0 fully saturated rings. The summed E-state index contributed by atoms with van der Waals surface area (Å²) in [4.78, 5) is 50.5. The Morgan fingerprint density at radius 3 is 1.54 bits per heavy atom. The van der Waals surface area contributed by atoms with Gasteiger partial charge in [0.1, 0.15) is 6.04 Å². The van der Waals surface area contributed by atoms with Gasteiger partial charge in [-0.2, -0.15) is 0 Å². The Balaban J connectivity index is 1.76. The number of amides is 3. The Morgan fingerprint density at radius 1 is 0.657 bits per heavy atom. The van der Waals surface area contributed by atoms with Gasteiger partial charge in [0.15, 0.2) is 0 Å². The lowest BCUT2D eigenvalue weighted by atomic mass is 10.0. The fourth-order valence-electron chi connectivity index (χ4n) is 3.43. The molecule has 0 aliphatic carbocycles. The molecule has 8 nitrogen and oxygen atoms in total. The molecule has 0 unspecified atom stereocenters. The molecular weight excluding hydrogens is 446 g/mol. The number of carbonyl (C=O) groups excluding carboxylic acids is 4. The summed E-state index contributed by atoms with van der Waals surface area (Å²) in [5.74, 6) is -1.82. The Kier molecular flexibility index (Phi) is 9.13. The van der Waals surface area contributed by atoms with Gasteiger partial charge in [0, 0.05) is 35.7 Å². The van der Waals surface area contributed by atoms with Crippen LogP contribution in [0.2, 0.25) is 0 Å². The van der Waals surface area contributed by atoms with Crippen LogP contribution in [0.5, 0.6) is 0 Å². The third kappa shape index (κ3) is 7.53. The van der Waals surface area contributed by atoms with Crippen molar-refractivity contribution < 1.29 is 23.9 Å². The van der Waals surface area contributed by atoms with Crippen molar-refractivity contribution in [2.24, 2.45) is 0 Å². The highest BCUT2D eigenvalue weighted by Gasteiger charge is 2.27. The molecule has 0 saturated heterocycles. The maximum atomic E-state index is 12.8. The topological polar surface area (TPSA) is 114 Å². The maximum Gasteiger partial charge on any atom is 0.328 e. The number of benzene rings is 3. The number of nitrogens with one attached hydrogen (secondary N) is 3. The number of hydrogen-bond donors (Lipinski definition) is 3. The molecule has 180 valence electrons. The van der Waals surface area contributed by atoms with Crippen LogP contribution in [0.4, 0.5) is 0 Å². The van der Waals surface area contributed by atoms with Gasteiger partial charge in [-0.15, -0.1) is 0 Å². The molecule has 3 aromatic rings. The minimum Gasteiger partial charge on any atom is -0.467 e. The second kappa shape index (κ2) is 12.7. The molecule has 0 spiro atoms. The largest absolute Gasteiger partial charge is 0.467 e. The zero-order chi connectivity index (χ0) is 25.0. The monoisotopic (exact) mass is 473 g/mol. The van der Waals surface area contributed by atoms with Gasteiger partial charge in [-0.1, -0.05) is 54.6 Å². The zero-order valence-corrected chi connectivity index (χ0v) is 19.3. The van der Waals surface area contributed by atoms with Crippen molar-refractivity contribution in [3.8, 4) is 0 Å². The molecule has 0 aliphatic heterocycles. The molecule has 3 amide bonds. The highest BCUT2D eigenvalue weighted by atomic mass is 16.5. The molecule has 0 bridgehead atoms. The van der Waals surface area contributed by atoms with Crippen molar-refractivity contribution in [1.29, 1.82) is 0 Å². The summed E-state index contributed by atoms with van der Waals surface area (Å²) < 4.78 is 4.88. The van der Waals surface area contributed by atoms with Crippen LogP contribution in [0, 0.1) is 0 Å². The SMILES string of the molecule is COC(=O)[C@H](C[C@H](CNC(=O)c1ccccc1)NC(=O)c1ccccc1)NC(=O)c1ccccc1. The van der Waals surface area contributed by atoms with E-state index in [9.17, 15) is 19.2 Å². The maximum absolute atomic E-state index is 12.8. The summed E-state index contributed by atoms with van der Waals surface area (Å²) >= 11 is 0. The molecule has 0 radical (unpaired) electrons. The normalized spacial score (nSPS) is 12.0. The molecule has 0 aliphatic rings. The minimum absolute atomic E-state index is 0.00110. The van der Waals surface area contributed by atoms with E-state index >= 15 is 0 Å². The molecule has 3 rings (SSSR count). The predicted molar refractivity (Wildman–Crippen MR) is 131 cm³/mol. The Morgan fingerprint density at radius 2 is 1.09 bits per heavy atom. The van der Waals surface area contributed by atoms with Crippen LogP contribution in [0.25, 0.3) is 0 Å². The number of carbonyl (C=O) groups is 4. The first kappa shape index (κ1) is 25.2. The smallest absolute Gasteiger partial charge is 0.328 e. The minimum atomic E-state index is -1.05. The van der Waals surface area contributed by atoms with E-state index in [0.29, 0.717) is 16.7 Å². The van der Waals surface area contributed by atoms with E-state index in [-0.39, 0.29) is 24.8 Å². The zero-order valence-electron chi connectivity index (χ0n) is 19.3. The van der Waals surface area contributed by atoms with E-state index in [4.69, 9.17) is 4.74 Å². The molecule has 35 heavy (non-hydrogen) atoms. The van der Waals surface area contributed by atoms with Crippen LogP contribution in [0.1, 0.15) is 37.5 Å². The molecule has 8 heteroatoms. The van der Waals surface area contributed by atoms with Gasteiger partial charge in [0.05, 0.1) is 7.11 Å². The van der Waals surface area contributed by atoms with Gasteiger partial charge in [-0.05, 0) is 36.4 Å². The summed E-state index contributed by atoms with van der Waals surface area (Å²) in [5, 5.41) is 8.30. The summed E-state index contributed by atoms with van der Waals surface area (Å²) in [6.07, 6.45) is -0.00110. The van der Waals surface area contributed by atoms with Crippen molar-refractivity contribution in [2.75, 3.05) is 13.7 Å². The van der Waals surface area contributed by atoms with Crippen molar-refractivity contribution in [3.05, 3.63) is 108 Å². The van der Waals surface area contributed by atoms with Crippen molar-refractivity contribution in [2.45, 2.75) is 18.5 Å². The van der Waals surface area contributed by atoms with E-state index in [1.807, 2.05) is 0 Å². The average molecular weight is 474 g/mol. The molecular formula is C27H27N3O5. The van der Waals surface area contributed by atoms with Crippen molar-refractivity contribution in [3.63, 3.8) is 0 Å². The summed E-state index contributed by atoms with van der Waals surface area (Å²) in [5.41, 5.74) is 1.26. The fraction of sp³-hybridized carbons (Fsp3) is 0.185. The van der Waals surface area contributed by atoms with Crippen molar-refractivity contribution >= 4 is 23.7 Å². The Bertz CT molecular complexity index is 1140. The van der Waals surface area contributed by atoms with Crippen molar-refractivity contribution in [1.82, 2.24) is 16.0 Å². The quantitative estimate of drug-likeness (QED) is 0.392. The highest BCUT2D eigenvalue weighted by Crippen LogP contribution is 2.07. The molecule has 0 saturated carbocycles. The lowest BCUT2D eigenvalue weighted by Crippen LogP contribution is -2.50. The highest BCUT2D eigenvalue weighted by molar-refractivity contribution is 5.97. The molecule has 2 atom stereocenters. The van der Waals surface area contributed by atoms with Crippen LogP contribution in [-0.4, -0.2) is 49.4 Å². The first-order chi connectivity index (χ1) is 17.0. The summed E-state index contributed by atoms with van der Waals surface area (Å²) in [6.45, 7) is 0.0288. The van der Waals surface area contributed by atoms with Gasteiger partial charge in [0.25, 0.3) is 17.7 Å². The first-order valence-electron chi connectivity index (χ1n) is 11.1. The third-order valence-corrected chi connectivity index (χ3v) is 5.26. The van der Waals surface area contributed by atoms with Crippen LogP contribution >= 0.6 is 0 Å². The number of esters is 1. The van der Waals surface area contributed by atoms with Gasteiger partial charge < -0.3 is 20.7 Å². The van der Waals surface area contributed by atoms with E-state index < -0.39 is 24.0 Å². The average Bonchev–Trinajstić information content (AvgIpc) is 2.91. The third-order valence-electron chi connectivity index (χ3n) is 5.26. The number of methoxy groups -OCH3 is 1. The van der Waals surface area contributed by atoms with Crippen LogP contribution in [0.15, 0.2) is 91.0 Å². The lowest BCUT2D eigenvalue weighted by Gasteiger charge is -2.24. The van der Waals surface area contributed by atoms with Gasteiger partial charge >= 0.3 is 5.97 Å². The van der Waals surface area contributed by atoms with E-state index in [0.717, 1.165) is 0 Å². The first-order valence-corrected chi connectivity index (χ1v) is 11.1. The second-order valence-corrected chi connectivity index (χ2v) is 7.76. The number of rotatable bonds is 10. The number of ether oxygens (including phenoxy) is 1. The molecule has 3 aromatic carbocycles. The van der Waals surface area contributed by atoms with E-state index in [1.54, 1.807) is 91.0 Å².